The van der Waals surface area contributed by atoms with Crippen LogP contribution in [0, 0.1) is 5.82 Å². The van der Waals surface area contributed by atoms with E-state index in [0.29, 0.717) is 24.0 Å². The monoisotopic (exact) mass is 242 g/mol. The van der Waals surface area contributed by atoms with Crippen molar-refractivity contribution in [1.29, 1.82) is 0 Å². The van der Waals surface area contributed by atoms with Gasteiger partial charge < -0.3 is 21.7 Å². The normalized spacial score (nSPS) is 14.6. The number of phenols is 1. The summed E-state index contributed by atoms with van der Waals surface area (Å²) in [5.41, 5.74) is 12.3. The van der Waals surface area contributed by atoms with E-state index in [9.17, 15) is 9.50 Å². The van der Waals surface area contributed by atoms with E-state index in [1.54, 1.807) is 13.0 Å². The molecule has 0 aliphatic rings. The molecule has 0 heterocycles. The second kappa shape index (κ2) is 5.95. The number of aliphatic hydroxyl groups excluding tert-OH is 1. The minimum absolute atomic E-state index is 0.162. The van der Waals surface area contributed by atoms with Gasteiger partial charge in [0.1, 0.15) is 0 Å². The highest BCUT2D eigenvalue weighted by Crippen LogP contribution is 2.24. The van der Waals surface area contributed by atoms with E-state index in [4.69, 9.17) is 16.6 Å². The number of benzene rings is 1. The molecule has 0 radical (unpaired) electrons. The van der Waals surface area contributed by atoms with Crippen molar-refractivity contribution < 1.29 is 14.6 Å². The molecule has 6 N–H and O–H groups in total. The lowest BCUT2D eigenvalue weighted by molar-refractivity contribution is 0.265. The fraction of sp³-hybridized carbons (Fsp3) is 0.500. The van der Waals surface area contributed by atoms with Crippen LogP contribution in [0.4, 0.5) is 4.39 Å². The summed E-state index contributed by atoms with van der Waals surface area (Å²) < 4.78 is 13.5. The lowest BCUT2D eigenvalue weighted by Gasteiger charge is -2.13. The Morgan fingerprint density at radius 3 is 2.47 bits per heavy atom. The minimum Gasteiger partial charge on any atom is -0.505 e. The number of hydrogen-bond acceptors (Lipinski definition) is 4. The van der Waals surface area contributed by atoms with Gasteiger partial charge in [-0.3, -0.25) is 0 Å². The first-order chi connectivity index (χ1) is 7.93. The smallest absolute Gasteiger partial charge is 0.165 e. The molecule has 1 rings (SSSR count). The third-order valence-corrected chi connectivity index (χ3v) is 2.48. The number of rotatable bonds is 5. The highest BCUT2D eigenvalue weighted by molar-refractivity contribution is 5.38. The number of halogens is 1. The van der Waals surface area contributed by atoms with Crippen molar-refractivity contribution in [1.82, 2.24) is 0 Å². The fourth-order valence-electron chi connectivity index (χ4n) is 1.71. The quantitative estimate of drug-likeness (QED) is 0.597. The molecule has 0 aromatic heterocycles. The summed E-state index contributed by atoms with van der Waals surface area (Å²) in [6.45, 7) is 1.62. The molecule has 0 aliphatic carbocycles. The molecule has 5 heteroatoms. The second-order valence-electron chi connectivity index (χ2n) is 4.41. The Balaban J connectivity index is 2.97. The van der Waals surface area contributed by atoms with Gasteiger partial charge in [-0.2, -0.15) is 0 Å². The van der Waals surface area contributed by atoms with Crippen LogP contribution in [0.3, 0.4) is 0 Å². The van der Waals surface area contributed by atoms with E-state index in [2.05, 4.69) is 0 Å². The molecule has 17 heavy (non-hydrogen) atoms. The first-order valence-corrected chi connectivity index (χ1v) is 5.56. The number of hydrogen-bond donors (Lipinski definition) is 4. The molecular weight excluding hydrogens is 223 g/mol. The summed E-state index contributed by atoms with van der Waals surface area (Å²) >= 11 is 0. The van der Waals surface area contributed by atoms with Gasteiger partial charge in [-0.25, -0.2) is 4.39 Å². The molecule has 0 amide bonds. The fourth-order valence-corrected chi connectivity index (χ4v) is 1.71. The molecule has 0 aliphatic heterocycles. The molecule has 96 valence electrons. The van der Waals surface area contributed by atoms with E-state index < -0.39 is 11.9 Å². The molecule has 4 nitrogen and oxygen atoms in total. The highest BCUT2D eigenvalue weighted by Gasteiger charge is 2.13. The summed E-state index contributed by atoms with van der Waals surface area (Å²) in [5.74, 6) is -1.04. The molecule has 0 saturated heterocycles. The van der Waals surface area contributed by atoms with Crippen LogP contribution in [-0.4, -0.2) is 28.9 Å². The van der Waals surface area contributed by atoms with Crippen molar-refractivity contribution in [3.05, 3.63) is 29.1 Å². The standard InChI is InChI=1S/C12H19FN2O2/c1-7(14)2-9-3-8(4-10(15)6-16)5-11(13)12(9)17/h3,5,7,10,16-17H,2,4,6,14-15H2,1H3. The van der Waals surface area contributed by atoms with E-state index in [1.807, 2.05) is 0 Å². The van der Waals surface area contributed by atoms with Gasteiger partial charge in [-0.15, -0.1) is 0 Å². The lowest BCUT2D eigenvalue weighted by Crippen LogP contribution is -2.27. The second-order valence-corrected chi connectivity index (χ2v) is 4.41. The molecule has 2 unspecified atom stereocenters. The molecule has 0 spiro atoms. The van der Waals surface area contributed by atoms with Crippen molar-refractivity contribution in [2.24, 2.45) is 11.5 Å². The Morgan fingerprint density at radius 1 is 1.29 bits per heavy atom. The van der Waals surface area contributed by atoms with Crippen molar-refractivity contribution in [3.8, 4) is 5.75 Å². The Morgan fingerprint density at radius 2 is 1.94 bits per heavy atom. The van der Waals surface area contributed by atoms with Gasteiger partial charge in [0.2, 0.25) is 0 Å². The summed E-state index contributed by atoms with van der Waals surface area (Å²) in [5, 5.41) is 18.4. The SMILES string of the molecule is CC(N)Cc1cc(CC(N)CO)cc(F)c1O. The number of phenolic OH excluding ortho intramolecular Hbond substituents is 1. The molecule has 2 atom stereocenters. The van der Waals surface area contributed by atoms with Crippen LogP contribution in [0.1, 0.15) is 18.1 Å². The van der Waals surface area contributed by atoms with E-state index in [0.717, 1.165) is 0 Å². The molecular formula is C12H19FN2O2. The average Bonchev–Trinajstić information content (AvgIpc) is 2.24. The van der Waals surface area contributed by atoms with Gasteiger partial charge in [0, 0.05) is 12.1 Å². The predicted octanol–water partition coefficient (Wildman–Crippen LogP) is 0.283. The molecule has 0 saturated carbocycles. The first-order valence-electron chi connectivity index (χ1n) is 5.56. The molecule has 0 bridgehead atoms. The first kappa shape index (κ1) is 13.9. The van der Waals surface area contributed by atoms with Gasteiger partial charge in [0.15, 0.2) is 11.6 Å². The van der Waals surface area contributed by atoms with Crippen molar-refractivity contribution in [2.45, 2.75) is 31.8 Å². The summed E-state index contributed by atoms with van der Waals surface area (Å²) in [6, 6.07) is 2.32. The van der Waals surface area contributed by atoms with E-state index in [1.165, 1.54) is 6.07 Å². The van der Waals surface area contributed by atoms with Crippen LogP contribution < -0.4 is 11.5 Å². The van der Waals surface area contributed by atoms with E-state index in [-0.39, 0.29) is 18.4 Å². The lowest BCUT2D eigenvalue weighted by atomic mass is 9.99. The Bertz CT molecular complexity index is 383. The summed E-state index contributed by atoms with van der Waals surface area (Å²) in [4.78, 5) is 0. The third-order valence-electron chi connectivity index (χ3n) is 2.48. The van der Waals surface area contributed by atoms with Gasteiger partial charge in [0.25, 0.3) is 0 Å². The van der Waals surface area contributed by atoms with Gasteiger partial charge in [-0.1, -0.05) is 6.07 Å². The topological polar surface area (TPSA) is 92.5 Å². The molecule has 0 fully saturated rings. The van der Waals surface area contributed by atoms with Crippen LogP contribution in [0.5, 0.6) is 5.75 Å². The number of aromatic hydroxyl groups is 1. The van der Waals surface area contributed by atoms with E-state index >= 15 is 0 Å². The number of nitrogens with two attached hydrogens (primary N) is 2. The minimum atomic E-state index is -0.678. The predicted molar refractivity (Wildman–Crippen MR) is 64.2 cm³/mol. The van der Waals surface area contributed by atoms with Crippen LogP contribution in [0.2, 0.25) is 0 Å². The van der Waals surface area contributed by atoms with Gasteiger partial charge in [0.05, 0.1) is 6.61 Å². The zero-order valence-corrected chi connectivity index (χ0v) is 9.86. The zero-order chi connectivity index (χ0) is 13.0. The van der Waals surface area contributed by atoms with Crippen LogP contribution in [0.15, 0.2) is 12.1 Å². The van der Waals surface area contributed by atoms with Crippen LogP contribution in [-0.2, 0) is 12.8 Å². The van der Waals surface area contributed by atoms with Gasteiger partial charge >= 0.3 is 0 Å². The average molecular weight is 242 g/mol. The largest absolute Gasteiger partial charge is 0.505 e. The van der Waals surface area contributed by atoms with Crippen molar-refractivity contribution in [3.63, 3.8) is 0 Å². The maximum absolute atomic E-state index is 13.5. The maximum atomic E-state index is 13.5. The summed E-state index contributed by atoms with van der Waals surface area (Å²) in [6.07, 6.45) is 0.755. The zero-order valence-electron chi connectivity index (χ0n) is 9.86. The Hall–Kier alpha value is -1.17. The molecule has 1 aromatic carbocycles. The van der Waals surface area contributed by atoms with Crippen LogP contribution >= 0.6 is 0 Å². The number of aliphatic hydroxyl groups is 1. The Kier molecular flexibility index (Phi) is 4.86. The van der Waals surface area contributed by atoms with Crippen LogP contribution in [0.25, 0.3) is 0 Å². The molecule has 1 aromatic rings. The highest BCUT2D eigenvalue weighted by atomic mass is 19.1. The van der Waals surface area contributed by atoms with Gasteiger partial charge in [-0.05, 0) is 37.0 Å². The maximum Gasteiger partial charge on any atom is 0.165 e. The third kappa shape index (κ3) is 3.96. The van der Waals surface area contributed by atoms with Crippen molar-refractivity contribution in [2.75, 3.05) is 6.61 Å². The Labute approximate surface area is 100 Å². The summed E-state index contributed by atoms with van der Waals surface area (Å²) in [7, 11) is 0. The van der Waals surface area contributed by atoms with Crippen molar-refractivity contribution >= 4 is 0 Å².